The molecule has 0 saturated heterocycles. The van der Waals surface area contributed by atoms with Crippen LogP contribution in [-0.4, -0.2) is 21.5 Å². The number of amides is 1. The van der Waals surface area contributed by atoms with Gasteiger partial charge in [-0.05, 0) is 51.0 Å². The van der Waals surface area contributed by atoms with E-state index in [-0.39, 0.29) is 30.5 Å². The Morgan fingerprint density at radius 3 is 2.73 bits per heavy atom. The van der Waals surface area contributed by atoms with Crippen LogP contribution in [0.1, 0.15) is 43.1 Å². The van der Waals surface area contributed by atoms with Crippen molar-refractivity contribution in [3.05, 3.63) is 51.3 Å². The summed E-state index contributed by atoms with van der Waals surface area (Å²) in [7, 11) is 0. The maximum Gasteiger partial charge on any atom is 0.220 e. The summed E-state index contributed by atoms with van der Waals surface area (Å²) in [5, 5.41) is 2.82. The maximum absolute atomic E-state index is 14.1. The van der Waals surface area contributed by atoms with Crippen LogP contribution < -0.4 is 5.32 Å². The van der Waals surface area contributed by atoms with E-state index < -0.39 is 23.4 Å². The zero-order valence-corrected chi connectivity index (χ0v) is 15.4. The Labute approximate surface area is 154 Å². The Morgan fingerprint density at radius 2 is 2.04 bits per heavy atom. The summed E-state index contributed by atoms with van der Waals surface area (Å²) in [6, 6.07) is 1.79. The average molecular weight is 383 g/mol. The molecule has 2 N–H and O–H groups in total. The first kappa shape index (κ1) is 18.7. The summed E-state index contributed by atoms with van der Waals surface area (Å²) >= 11 is 5.29. The molecular weight excluding hydrogens is 363 g/mol. The molecule has 2 heterocycles. The third-order valence-electron chi connectivity index (χ3n) is 4.56. The molecular formula is C18H20F3N3OS. The summed E-state index contributed by atoms with van der Waals surface area (Å²) < 4.78 is 43.9. The van der Waals surface area contributed by atoms with Gasteiger partial charge in [0, 0.05) is 41.9 Å². The molecule has 26 heavy (non-hydrogen) atoms. The molecule has 1 aromatic carbocycles. The number of nitrogens with one attached hydrogen (secondary N) is 2. The van der Waals surface area contributed by atoms with E-state index in [0.29, 0.717) is 17.6 Å². The number of hydrogen-bond acceptors (Lipinski definition) is 2. The normalized spacial score (nSPS) is 16.2. The Balaban J connectivity index is 1.81. The minimum Gasteiger partial charge on any atom is -0.354 e. The molecule has 0 spiro atoms. The molecule has 2 aromatic rings. The third-order valence-corrected chi connectivity index (χ3v) is 4.88. The van der Waals surface area contributed by atoms with Gasteiger partial charge >= 0.3 is 0 Å². The zero-order chi connectivity index (χ0) is 19.0. The highest BCUT2D eigenvalue weighted by atomic mass is 32.1. The van der Waals surface area contributed by atoms with Gasteiger partial charge in [-0.15, -0.1) is 0 Å². The highest BCUT2D eigenvalue weighted by Crippen LogP contribution is 2.35. The van der Waals surface area contributed by atoms with Gasteiger partial charge in [0.1, 0.15) is 5.82 Å². The maximum atomic E-state index is 14.1. The standard InChI is InChI=1S/C18H20F3N3OS/c1-9(2)22-15(25)6-5-13-14-7-10(8-24(14)18(26)23-13)16-11(19)3-4-12(20)17(16)21/h3-4,9-10H,5-8H2,1-2H3,(H,22,25)(H,23,26). The van der Waals surface area contributed by atoms with Gasteiger partial charge in [-0.1, -0.05) is 0 Å². The third kappa shape index (κ3) is 3.56. The van der Waals surface area contributed by atoms with E-state index in [1.165, 1.54) is 0 Å². The van der Waals surface area contributed by atoms with E-state index in [4.69, 9.17) is 12.2 Å². The second-order valence-electron chi connectivity index (χ2n) is 6.85. The first-order valence-electron chi connectivity index (χ1n) is 8.51. The summed E-state index contributed by atoms with van der Waals surface area (Å²) in [6.07, 6.45) is 1.07. The number of halogens is 3. The minimum atomic E-state index is -1.14. The smallest absolute Gasteiger partial charge is 0.220 e. The molecule has 0 saturated carbocycles. The number of aromatic amines is 1. The lowest BCUT2D eigenvalue weighted by molar-refractivity contribution is -0.121. The zero-order valence-electron chi connectivity index (χ0n) is 14.5. The summed E-state index contributed by atoms with van der Waals surface area (Å²) in [6.45, 7) is 4.04. The monoisotopic (exact) mass is 383 g/mol. The Hall–Kier alpha value is -2.09. The van der Waals surface area contributed by atoms with Crippen LogP contribution in [0.2, 0.25) is 0 Å². The number of benzene rings is 1. The number of aromatic nitrogens is 2. The van der Waals surface area contributed by atoms with Crippen LogP contribution in [0.3, 0.4) is 0 Å². The Kier molecular flexibility index (Phi) is 5.22. The van der Waals surface area contributed by atoms with E-state index in [9.17, 15) is 18.0 Å². The topological polar surface area (TPSA) is 49.8 Å². The fourth-order valence-electron chi connectivity index (χ4n) is 3.45. The van der Waals surface area contributed by atoms with Crippen LogP contribution in [-0.2, 0) is 24.2 Å². The van der Waals surface area contributed by atoms with Gasteiger partial charge in [0.25, 0.3) is 0 Å². The van der Waals surface area contributed by atoms with Crippen molar-refractivity contribution in [2.24, 2.45) is 0 Å². The SMILES string of the molecule is CC(C)NC(=O)CCc1[nH]c(=S)n2c1CC(c1c(F)ccc(F)c1F)C2. The molecule has 1 aliphatic rings. The second-order valence-corrected chi connectivity index (χ2v) is 7.23. The average Bonchev–Trinajstić information content (AvgIpc) is 3.10. The molecule has 1 unspecified atom stereocenters. The predicted octanol–water partition coefficient (Wildman–Crippen LogP) is 3.76. The Morgan fingerprint density at radius 1 is 1.35 bits per heavy atom. The lowest BCUT2D eigenvalue weighted by atomic mass is 9.95. The lowest BCUT2D eigenvalue weighted by Crippen LogP contribution is -2.30. The van der Waals surface area contributed by atoms with Crippen LogP contribution in [0, 0.1) is 22.2 Å². The first-order chi connectivity index (χ1) is 12.3. The molecule has 8 heteroatoms. The van der Waals surface area contributed by atoms with Crippen molar-refractivity contribution in [3.63, 3.8) is 0 Å². The molecule has 1 aliphatic heterocycles. The van der Waals surface area contributed by atoms with E-state index in [0.717, 1.165) is 23.5 Å². The van der Waals surface area contributed by atoms with E-state index >= 15 is 0 Å². The van der Waals surface area contributed by atoms with Crippen molar-refractivity contribution in [1.29, 1.82) is 0 Å². The molecule has 0 aliphatic carbocycles. The van der Waals surface area contributed by atoms with Gasteiger partial charge in [-0.25, -0.2) is 13.2 Å². The number of nitrogens with zero attached hydrogens (tertiary/aromatic N) is 1. The van der Waals surface area contributed by atoms with Gasteiger partial charge in [-0.2, -0.15) is 0 Å². The number of fused-ring (bicyclic) bond motifs is 1. The summed E-state index contributed by atoms with van der Waals surface area (Å²) in [4.78, 5) is 14.9. The molecule has 140 valence electrons. The number of imidazole rings is 1. The number of carbonyl (C=O) groups excluding carboxylic acids is 1. The molecule has 0 bridgehead atoms. The van der Waals surface area contributed by atoms with Crippen LogP contribution in [0.15, 0.2) is 12.1 Å². The number of hydrogen-bond donors (Lipinski definition) is 2. The van der Waals surface area contributed by atoms with Gasteiger partial charge in [0.15, 0.2) is 16.4 Å². The van der Waals surface area contributed by atoms with Crippen molar-refractivity contribution in [1.82, 2.24) is 14.9 Å². The van der Waals surface area contributed by atoms with Crippen LogP contribution in [0.4, 0.5) is 13.2 Å². The highest BCUT2D eigenvalue weighted by molar-refractivity contribution is 7.71. The lowest BCUT2D eigenvalue weighted by Gasteiger charge is -2.12. The number of aryl methyl sites for hydroxylation is 1. The van der Waals surface area contributed by atoms with Gasteiger partial charge < -0.3 is 14.9 Å². The highest BCUT2D eigenvalue weighted by Gasteiger charge is 2.31. The van der Waals surface area contributed by atoms with Crippen LogP contribution in [0.25, 0.3) is 0 Å². The van der Waals surface area contributed by atoms with Crippen molar-refractivity contribution in [2.75, 3.05) is 0 Å². The van der Waals surface area contributed by atoms with Gasteiger partial charge in [0.2, 0.25) is 5.91 Å². The number of rotatable bonds is 5. The minimum absolute atomic E-state index is 0.0593. The molecule has 0 radical (unpaired) electrons. The molecule has 4 nitrogen and oxygen atoms in total. The van der Waals surface area contributed by atoms with Crippen LogP contribution >= 0.6 is 12.2 Å². The largest absolute Gasteiger partial charge is 0.354 e. The van der Waals surface area contributed by atoms with Crippen molar-refractivity contribution in [3.8, 4) is 0 Å². The molecule has 1 amide bonds. The summed E-state index contributed by atoms with van der Waals surface area (Å²) in [5.74, 6) is -3.56. The molecule has 1 aromatic heterocycles. The van der Waals surface area contributed by atoms with Crippen molar-refractivity contribution < 1.29 is 18.0 Å². The summed E-state index contributed by atoms with van der Waals surface area (Å²) in [5.41, 5.74) is 1.36. The fourth-order valence-corrected chi connectivity index (χ4v) is 3.76. The second kappa shape index (κ2) is 7.26. The van der Waals surface area contributed by atoms with E-state index in [1.54, 1.807) is 4.57 Å². The fraction of sp³-hybridized carbons (Fsp3) is 0.444. The quantitative estimate of drug-likeness (QED) is 0.610. The predicted molar refractivity (Wildman–Crippen MR) is 94.0 cm³/mol. The molecule has 3 rings (SSSR count). The first-order valence-corrected chi connectivity index (χ1v) is 8.92. The van der Waals surface area contributed by atoms with E-state index in [1.807, 2.05) is 13.8 Å². The number of H-pyrrole nitrogens is 1. The van der Waals surface area contributed by atoms with E-state index in [2.05, 4.69) is 10.3 Å². The van der Waals surface area contributed by atoms with Gasteiger partial charge in [0.05, 0.1) is 0 Å². The van der Waals surface area contributed by atoms with Crippen LogP contribution in [0.5, 0.6) is 0 Å². The molecule has 0 fully saturated rings. The Bertz CT molecular complexity index is 904. The van der Waals surface area contributed by atoms with Gasteiger partial charge in [-0.3, -0.25) is 4.79 Å². The molecule has 1 atom stereocenters. The number of carbonyl (C=O) groups is 1. The van der Waals surface area contributed by atoms with Crippen molar-refractivity contribution in [2.45, 2.75) is 51.6 Å². The van der Waals surface area contributed by atoms with Crippen molar-refractivity contribution >= 4 is 18.1 Å².